The summed E-state index contributed by atoms with van der Waals surface area (Å²) in [6.45, 7) is 3.67. The van der Waals surface area contributed by atoms with Gasteiger partial charge in [-0.25, -0.2) is 4.98 Å². The molecule has 0 aliphatic rings. The Hall–Kier alpha value is -2.58. The molecule has 2 aromatic rings. The van der Waals surface area contributed by atoms with Crippen molar-refractivity contribution in [3.8, 4) is 12.3 Å². The predicted molar refractivity (Wildman–Crippen MR) is 87.1 cm³/mol. The Morgan fingerprint density at radius 2 is 2.18 bits per heavy atom. The lowest BCUT2D eigenvalue weighted by Gasteiger charge is -2.36. The Labute approximate surface area is 134 Å². The SMILES string of the molecule is C#CC(C)(C)N(c1cccnc1)c1ncc(Cl)cc1C(N)=O. The molecule has 0 aliphatic carbocycles. The van der Waals surface area contributed by atoms with E-state index in [1.807, 2.05) is 19.9 Å². The summed E-state index contributed by atoms with van der Waals surface area (Å²) in [5, 5.41) is 0.321. The monoisotopic (exact) mass is 314 g/mol. The second kappa shape index (κ2) is 6.04. The van der Waals surface area contributed by atoms with Crippen LogP contribution in [-0.2, 0) is 0 Å². The van der Waals surface area contributed by atoms with E-state index in [-0.39, 0.29) is 5.56 Å². The highest BCUT2D eigenvalue weighted by atomic mass is 35.5. The molecule has 0 fully saturated rings. The van der Waals surface area contributed by atoms with E-state index in [9.17, 15) is 4.79 Å². The van der Waals surface area contributed by atoms with E-state index in [4.69, 9.17) is 23.8 Å². The van der Waals surface area contributed by atoms with Gasteiger partial charge in [0.05, 0.1) is 22.5 Å². The summed E-state index contributed by atoms with van der Waals surface area (Å²) in [5.74, 6) is 2.40. The van der Waals surface area contributed by atoms with Crippen molar-refractivity contribution in [1.29, 1.82) is 0 Å². The van der Waals surface area contributed by atoms with Gasteiger partial charge in [-0.15, -0.1) is 6.42 Å². The summed E-state index contributed by atoms with van der Waals surface area (Å²) in [4.78, 5) is 21.8. The zero-order valence-corrected chi connectivity index (χ0v) is 13.0. The first kappa shape index (κ1) is 15.8. The van der Waals surface area contributed by atoms with Gasteiger partial charge in [-0.1, -0.05) is 17.5 Å². The molecule has 0 spiro atoms. The van der Waals surface area contributed by atoms with Crippen LogP contribution in [0.15, 0.2) is 36.8 Å². The van der Waals surface area contributed by atoms with Crippen LogP contribution in [0, 0.1) is 12.3 Å². The molecular formula is C16H15ClN4O. The molecular weight excluding hydrogens is 300 g/mol. The molecule has 6 heteroatoms. The second-order valence-corrected chi connectivity index (χ2v) is 5.58. The third kappa shape index (κ3) is 3.02. The van der Waals surface area contributed by atoms with Crippen molar-refractivity contribution >= 4 is 29.0 Å². The van der Waals surface area contributed by atoms with Gasteiger partial charge >= 0.3 is 0 Å². The molecule has 2 rings (SSSR count). The van der Waals surface area contributed by atoms with Gasteiger partial charge in [0, 0.05) is 12.4 Å². The smallest absolute Gasteiger partial charge is 0.252 e. The summed E-state index contributed by atoms with van der Waals surface area (Å²) in [6.07, 6.45) is 10.4. The Morgan fingerprint density at radius 1 is 1.45 bits per heavy atom. The van der Waals surface area contributed by atoms with Crippen LogP contribution in [0.5, 0.6) is 0 Å². The minimum Gasteiger partial charge on any atom is -0.365 e. The third-order valence-corrected chi connectivity index (χ3v) is 3.33. The number of pyridine rings is 2. The minimum atomic E-state index is -0.756. The first-order valence-electron chi connectivity index (χ1n) is 6.50. The topological polar surface area (TPSA) is 72.1 Å². The van der Waals surface area contributed by atoms with E-state index < -0.39 is 11.4 Å². The highest BCUT2D eigenvalue weighted by molar-refractivity contribution is 6.31. The number of carbonyl (C=O) groups is 1. The molecule has 0 saturated heterocycles. The van der Waals surface area contributed by atoms with Crippen LogP contribution in [-0.4, -0.2) is 21.4 Å². The minimum absolute atomic E-state index is 0.194. The van der Waals surface area contributed by atoms with Crippen molar-refractivity contribution in [2.75, 3.05) is 4.90 Å². The van der Waals surface area contributed by atoms with Crippen molar-refractivity contribution in [3.63, 3.8) is 0 Å². The summed E-state index contributed by atoms with van der Waals surface area (Å²) in [5.41, 5.74) is 5.59. The van der Waals surface area contributed by atoms with Crippen LogP contribution in [0.4, 0.5) is 11.5 Å². The van der Waals surface area contributed by atoms with E-state index in [1.54, 1.807) is 23.4 Å². The molecule has 0 aromatic carbocycles. The van der Waals surface area contributed by atoms with Gasteiger partial charge in [-0.05, 0) is 32.0 Å². The van der Waals surface area contributed by atoms with E-state index in [2.05, 4.69) is 15.9 Å². The van der Waals surface area contributed by atoms with E-state index in [1.165, 1.54) is 12.3 Å². The number of primary amides is 1. The number of terminal acetylenes is 1. The van der Waals surface area contributed by atoms with Crippen molar-refractivity contribution < 1.29 is 4.79 Å². The van der Waals surface area contributed by atoms with Gasteiger partial charge in [-0.3, -0.25) is 9.78 Å². The van der Waals surface area contributed by atoms with Gasteiger partial charge in [0.2, 0.25) is 0 Å². The normalized spacial score (nSPS) is 10.8. The van der Waals surface area contributed by atoms with Gasteiger partial charge in [0.25, 0.3) is 5.91 Å². The Morgan fingerprint density at radius 3 is 2.73 bits per heavy atom. The zero-order chi connectivity index (χ0) is 16.3. The lowest BCUT2D eigenvalue weighted by atomic mass is 10.0. The molecule has 5 nitrogen and oxygen atoms in total. The average molecular weight is 315 g/mol. The van der Waals surface area contributed by atoms with Gasteiger partial charge in [0.1, 0.15) is 11.4 Å². The maximum absolute atomic E-state index is 11.8. The largest absolute Gasteiger partial charge is 0.365 e. The fraction of sp³-hybridized carbons (Fsp3) is 0.188. The van der Waals surface area contributed by atoms with Crippen LogP contribution < -0.4 is 10.6 Å². The Kier molecular flexibility index (Phi) is 4.34. The van der Waals surface area contributed by atoms with Gasteiger partial charge in [-0.2, -0.15) is 0 Å². The zero-order valence-electron chi connectivity index (χ0n) is 12.2. The van der Waals surface area contributed by atoms with E-state index >= 15 is 0 Å². The first-order valence-corrected chi connectivity index (χ1v) is 6.88. The molecule has 0 radical (unpaired) electrons. The number of hydrogen-bond donors (Lipinski definition) is 1. The number of rotatable bonds is 4. The number of halogens is 1. The van der Waals surface area contributed by atoms with E-state index in [0.717, 1.165) is 0 Å². The molecule has 1 amide bonds. The number of hydrogen-bond acceptors (Lipinski definition) is 4. The molecule has 0 unspecified atom stereocenters. The second-order valence-electron chi connectivity index (χ2n) is 5.14. The lowest BCUT2D eigenvalue weighted by molar-refractivity contribution is 0.100. The standard InChI is InChI=1S/C16H15ClN4O/c1-4-16(2,3)21(12-6-5-7-19-10-12)15-13(14(18)22)8-11(17)9-20-15/h1,5-10H,2-3H3,(H2,18,22). The number of nitrogens with two attached hydrogens (primary N) is 1. The summed E-state index contributed by atoms with van der Waals surface area (Å²) in [6, 6.07) is 5.07. The highest BCUT2D eigenvalue weighted by Gasteiger charge is 2.30. The molecule has 0 atom stereocenters. The van der Waals surface area contributed by atoms with Crippen LogP contribution in [0.1, 0.15) is 24.2 Å². The summed E-state index contributed by atoms with van der Waals surface area (Å²) >= 11 is 5.92. The molecule has 2 heterocycles. The Bertz CT molecular complexity index is 738. The quantitative estimate of drug-likeness (QED) is 0.881. The summed E-state index contributed by atoms with van der Waals surface area (Å²) < 4.78 is 0. The van der Waals surface area contributed by atoms with Crippen LogP contribution in [0.25, 0.3) is 0 Å². The van der Waals surface area contributed by atoms with Crippen molar-refractivity contribution in [1.82, 2.24) is 9.97 Å². The predicted octanol–water partition coefficient (Wildman–Crippen LogP) is 2.78. The highest BCUT2D eigenvalue weighted by Crippen LogP contribution is 2.34. The maximum Gasteiger partial charge on any atom is 0.252 e. The molecule has 0 bridgehead atoms. The number of amides is 1. The van der Waals surface area contributed by atoms with Crippen LogP contribution >= 0.6 is 11.6 Å². The number of anilines is 2. The molecule has 0 saturated carbocycles. The first-order chi connectivity index (χ1) is 10.4. The number of nitrogens with zero attached hydrogens (tertiary/aromatic N) is 3. The van der Waals surface area contributed by atoms with Crippen LogP contribution in [0.2, 0.25) is 5.02 Å². The van der Waals surface area contributed by atoms with Gasteiger partial charge in [0.15, 0.2) is 0 Å². The summed E-state index contributed by atoms with van der Waals surface area (Å²) in [7, 11) is 0. The molecule has 112 valence electrons. The molecule has 22 heavy (non-hydrogen) atoms. The Balaban J connectivity index is 2.72. The number of aromatic nitrogens is 2. The third-order valence-electron chi connectivity index (χ3n) is 3.13. The maximum atomic E-state index is 11.8. The van der Waals surface area contributed by atoms with Gasteiger partial charge < -0.3 is 10.6 Å². The van der Waals surface area contributed by atoms with E-state index in [0.29, 0.717) is 16.5 Å². The molecule has 2 aromatic heterocycles. The average Bonchev–Trinajstić information content (AvgIpc) is 2.49. The fourth-order valence-corrected chi connectivity index (χ4v) is 2.21. The van der Waals surface area contributed by atoms with Crippen molar-refractivity contribution in [2.45, 2.75) is 19.4 Å². The van der Waals surface area contributed by atoms with Crippen molar-refractivity contribution in [2.24, 2.45) is 5.73 Å². The van der Waals surface area contributed by atoms with Crippen molar-refractivity contribution in [3.05, 3.63) is 47.4 Å². The molecule has 0 aliphatic heterocycles. The fourth-order valence-electron chi connectivity index (χ4n) is 2.05. The van der Waals surface area contributed by atoms with Crippen LogP contribution in [0.3, 0.4) is 0 Å². The number of carbonyl (C=O) groups excluding carboxylic acids is 1. The molecule has 2 N–H and O–H groups in total. The lowest BCUT2D eigenvalue weighted by Crippen LogP contribution is -2.41.